The van der Waals surface area contributed by atoms with Gasteiger partial charge in [-0.25, -0.2) is 4.74 Å². The first-order valence-corrected chi connectivity index (χ1v) is 7.74. The summed E-state index contributed by atoms with van der Waals surface area (Å²) < 4.78 is 278. The van der Waals surface area contributed by atoms with Gasteiger partial charge in [0.1, 0.15) is 0 Å². The molecular weight excluding hydrogens is 591 g/mol. The fourth-order valence-corrected chi connectivity index (χ4v) is 1.89. The lowest BCUT2D eigenvalue weighted by Gasteiger charge is -2.46. The van der Waals surface area contributed by atoms with Gasteiger partial charge in [0.05, 0.1) is 0 Å². The van der Waals surface area contributed by atoms with Gasteiger partial charge in [0, 0.05) is 6.61 Å². The minimum absolute atomic E-state index is 0.106. The highest BCUT2D eigenvalue weighted by Gasteiger charge is 2.93. The molecule has 0 aliphatic carbocycles. The van der Waals surface area contributed by atoms with Gasteiger partial charge in [-0.1, -0.05) is 0 Å². The van der Waals surface area contributed by atoms with Crippen molar-refractivity contribution in [2.75, 3.05) is 6.61 Å². The Morgan fingerprint density at radius 1 is 0.417 bits per heavy atom. The van der Waals surface area contributed by atoms with Crippen LogP contribution in [0.5, 0.6) is 0 Å². The topological polar surface area (TPSA) is 27.7 Å². The Kier molecular flexibility index (Phi) is 8.61. The Morgan fingerprint density at radius 2 is 0.778 bits per heavy atom. The first-order chi connectivity index (χ1) is 15.2. The summed E-state index contributed by atoms with van der Waals surface area (Å²) in [5, 5.41) is 0. The maximum atomic E-state index is 14.5. The molecule has 2 atom stereocenters. The molecule has 0 heterocycles. The number of halogens is 21. The lowest BCUT2D eigenvalue weighted by Crippen LogP contribution is -2.76. The van der Waals surface area contributed by atoms with E-state index in [0.29, 0.717) is 0 Å². The van der Waals surface area contributed by atoms with E-state index in [-0.39, 0.29) is 6.92 Å². The van der Waals surface area contributed by atoms with Crippen LogP contribution in [0.15, 0.2) is 0 Å². The smallest absolute Gasteiger partial charge is 0.337 e. The van der Waals surface area contributed by atoms with Crippen molar-refractivity contribution in [2.24, 2.45) is 0 Å². The average Bonchev–Trinajstić information content (AvgIpc) is 2.56. The van der Waals surface area contributed by atoms with Crippen LogP contribution in [0.4, 0.5) is 92.2 Å². The number of rotatable bonds is 10. The molecule has 0 N–H and O–H groups in total. The maximum absolute atomic E-state index is 14.5. The molecule has 2 unspecified atom stereocenters. The third kappa shape index (κ3) is 5.34. The van der Waals surface area contributed by atoms with Gasteiger partial charge in [0.2, 0.25) is 0 Å². The molecule has 0 aromatic carbocycles. The van der Waals surface area contributed by atoms with Gasteiger partial charge in [-0.2, -0.15) is 79.0 Å². The van der Waals surface area contributed by atoms with Gasteiger partial charge < -0.3 is 4.74 Å². The quantitative estimate of drug-likeness (QED) is 0.252. The molecule has 0 radical (unpaired) electrons. The molecule has 36 heavy (non-hydrogen) atoms. The first-order valence-electron chi connectivity index (χ1n) is 7.74. The molecule has 0 fully saturated rings. The minimum Gasteiger partial charge on any atom is -0.337 e. The Balaban J connectivity index is 7.26. The molecule has 218 valence electrons. The summed E-state index contributed by atoms with van der Waals surface area (Å²) in [7, 11) is 0. The molecule has 0 saturated heterocycles. The van der Waals surface area contributed by atoms with Gasteiger partial charge in [0.15, 0.2) is 0 Å². The minimum atomic E-state index is -8.41. The van der Waals surface area contributed by atoms with Gasteiger partial charge in [0.25, 0.3) is 0 Å². The second-order valence-corrected chi connectivity index (χ2v) is 6.03. The highest BCUT2D eigenvalue weighted by atomic mass is 19.4. The summed E-state index contributed by atoms with van der Waals surface area (Å²) in [6.45, 7) is -2.51. The summed E-state index contributed by atoms with van der Waals surface area (Å²) in [5.41, 5.74) is 0. The van der Waals surface area contributed by atoms with Gasteiger partial charge in [-0.15, -0.1) is 13.2 Å². The standard InChI is InChI=1S/C12H5F21O3/c1-2-34-6(19,3(13,14)4(15,16)8(21,22)23)7(20,9(24,25)26)35-10(27,28)5(17,18)11(29,30)36-12(31,32)33/h2H2,1H3. The maximum Gasteiger partial charge on any atom is 0.527 e. The molecule has 0 spiro atoms. The van der Waals surface area contributed by atoms with Crippen molar-refractivity contribution in [3.05, 3.63) is 0 Å². The number of alkyl halides is 21. The molecule has 0 aliphatic rings. The normalized spacial score (nSPS) is 19.2. The van der Waals surface area contributed by atoms with Crippen molar-refractivity contribution < 1.29 is 106 Å². The second kappa shape index (κ2) is 9.01. The molecule has 0 saturated carbocycles. The highest BCUT2D eigenvalue weighted by molar-refractivity contribution is 5.10. The largest absolute Gasteiger partial charge is 0.527 e. The van der Waals surface area contributed by atoms with E-state index >= 15 is 0 Å². The predicted octanol–water partition coefficient (Wildman–Crippen LogP) is 7.12. The van der Waals surface area contributed by atoms with Crippen molar-refractivity contribution in [1.29, 1.82) is 0 Å². The zero-order valence-corrected chi connectivity index (χ0v) is 15.9. The van der Waals surface area contributed by atoms with Gasteiger partial charge in [-0.05, 0) is 6.92 Å². The molecule has 0 bridgehead atoms. The number of hydrogen-bond acceptors (Lipinski definition) is 3. The summed E-state index contributed by atoms with van der Waals surface area (Å²) in [4.78, 5) is 0. The molecule has 0 rings (SSSR count). The summed E-state index contributed by atoms with van der Waals surface area (Å²) >= 11 is 0. The van der Waals surface area contributed by atoms with Crippen LogP contribution in [0.3, 0.4) is 0 Å². The van der Waals surface area contributed by atoms with Crippen LogP contribution < -0.4 is 0 Å². The first kappa shape index (κ1) is 34.4. The molecule has 0 amide bonds. The molecule has 3 nitrogen and oxygen atoms in total. The van der Waals surface area contributed by atoms with Gasteiger partial charge >= 0.3 is 60.4 Å². The van der Waals surface area contributed by atoms with Crippen LogP contribution in [0.1, 0.15) is 6.92 Å². The SMILES string of the molecule is CCOC(F)(C(F)(F)C(F)(F)C(F)(F)F)C(F)(OC(F)(F)C(F)(F)C(F)(F)OC(F)(F)F)C(F)(F)F. The zero-order chi connectivity index (χ0) is 29.8. The lowest BCUT2D eigenvalue weighted by atomic mass is 9.94. The van der Waals surface area contributed by atoms with E-state index in [2.05, 4.69) is 4.74 Å². The van der Waals surface area contributed by atoms with Crippen LogP contribution in [0.25, 0.3) is 0 Å². The van der Waals surface area contributed by atoms with E-state index in [4.69, 9.17) is 0 Å². The molecule has 0 aromatic heterocycles. The van der Waals surface area contributed by atoms with E-state index in [9.17, 15) is 92.2 Å². The van der Waals surface area contributed by atoms with E-state index in [1.54, 1.807) is 0 Å². The van der Waals surface area contributed by atoms with Crippen LogP contribution in [-0.2, 0) is 14.2 Å². The zero-order valence-electron chi connectivity index (χ0n) is 15.9. The highest BCUT2D eigenvalue weighted by Crippen LogP contribution is 2.62. The Morgan fingerprint density at radius 3 is 1.06 bits per heavy atom. The molecule has 0 aliphatic heterocycles. The lowest BCUT2D eigenvalue weighted by molar-refractivity contribution is -0.559. The molecule has 0 aromatic rings. The van der Waals surface area contributed by atoms with Gasteiger partial charge in [-0.3, -0.25) is 4.74 Å². The van der Waals surface area contributed by atoms with Crippen molar-refractivity contribution >= 4 is 0 Å². The number of ether oxygens (including phenoxy) is 3. The molecular formula is C12H5F21O3. The second-order valence-electron chi connectivity index (χ2n) is 6.03. The average molecular weight is 596 g/mol. The summed E-state index contributed by atoms with van der Waals surface area (Å²) in [6, 6.07) is 0. The fourth-order valence-electron chi connectivity index (χ4n) is 1.89. The third-order valence-corrected chi connectivity index (χ3v) is 3.52. The Labute approximate surface area is 182 Å². The number of hydrogen-bond donors (Lipinski definition) is 0. The van der Waals surface area contributed by atoms with Crippen molar-refractivity contribution in [3.8, 4) is 0 Å². The predicted molar refractivity (Wildman–Crippen MR) is 64.4 cm³/mol. The van der Waals surface area contributed by atoms with E-state index < -0.39 is 67.0 Å². The van der Waals surface area contributed by atoms with E-state index in [1.165, 1.54) is 9.47 Å². The van der Waals surface area contributed by atoms with Crippen LogP contribution >= 0.6 is 0 Å². The van der Waals surface area contributed by atoms with E-state index in [1.807, 2.05) is 0 Å². The van der Waals surface area contributed by atoms with Crippen LogP contribution in [-0.4, -0.2) is 67.0 Å². The van der Waals surface area contributed by atoms with Crippen LogP contribution in [0, 0.1) is 0 Å². The van der Waals surface area contributed by atoms with E-state index in [0.717, 1.165) is 0 Å². The summed E-state index contributed by atoms with van der Waals surface area (Å²) in [6.07, 6.45) is -39.3. The summed E-state index contributed by atoms with van der Waals surface area (Å²) in [5.74, 6) is -41.3. The monoisotopic (exact) mass is 596 g/mol. The van der Waals surface area contributed by atoms with Crippen molar-refractivity contribution in [2.45, 2.75) is 67.3 Å². The van der Waals surface area contributed by atoms with Crippen molar-refractivity contribution in [3.63, 3.8) is 0 Å². The third-order valence-electron chi connectivity index (χ3n) is 3.52. The fraction of sp³-hybridized carbons (Fsp3) is 1.00. The Hall–Kier alpha value is -1.59. The Bertz CT molecular complexity index is 766. The van der Waals surface area contributed by atoms with Crippen LogP contribution in [0.2, 0.25) is 0 Å². The molecule has 24 heteroatoms. The van der Waals surface area contributed by atoms with Crippen molar-refractivity contribution in [1.82, 2.24) is 0 Å².